The fourth-order valence-electron chi connectivity index (χ4n) is 5.83. The zero-order valence-corrected chi connectivity index (χ0v) is 19.8. The van der Waals surface area contributed by atoms with E-state index >= 15 is 0 Å². The van der Waals surface area contributed by atoms with Crippen LogP contribution in [0.3, 0.4) is 0 Å². The number of hydrogen-bond acceptors (Lipinski definition) is 4. The summed E-state index contributed by atoms with van der Waals surface area (Å²) in [6, 6.07) is 10.4. The second-order valence-electron chi connectivity index (χ2n) is 10.0. The van der Waals surface area contributed by atoms with Crippen LogP contribution in [-0.2, 0) is 4.79 Å². The van der Waals surface area contributed by atoms with Gasteiger partial charge in [-0.3, -0.25) is 9.69 Å². The van der Waals surface area contributed by atoms with Gasteiger partial charge in [0.25, 0.3) is 0 Å². The minimum absolute atomic E-state index is 0.260. The van der Waals surface area contributed by atoms with Crippen molar-refractivity contribution in [3.8, 4) is 5.75 Å². The van der Waals surface area contributed by atoms with Crippen LogP contribution in [0, 0.1) is 0 Å². The molecule has 1 amide bonds. The third kappa shape index (κ3) is 5.43. The van der Waals surface area contributed by atoms with Crippen molar-refractivity contribution in [2.45, 2.75) is 96.3 Å². The summed E-state index contributed by atoms with van der Waals surface area (Å²) in [4.78, 5) is 19.9. The molecule has 4 rings (SSSR count). The Morgan fingerprint density at radius 1 is 0.935 bits per heavy atom. The van der Waals surface area contributed by atoms with Crippen LogP contribution in [0.1, 0.15) is 72.1 Å². The average molecular weight is 428 g/mol. The third-order valence-electron chi connectivity index (χ3n) is 7.79. The van der Waals surface area contributed by atoms with Crippen LogP contribution >= 0.6 is 0 Å². The van der Waals surface area contributed by atoms with Gasteiger partial charge in [-0.05, 0) is 90.1 Å². The van der Waals surface area contributed by atoms with Crippen molar-refractivity contribution in [2.24, 2.45) is 0 Å². The second kappa shape index (κ2) is 10.4. The Kier molecular flexibility index (Phi) is 7.55. The van der Waals surface area contributed by atoms with Crippen LogP contribution < -0.4 is 9.64 Å². The molecule has 31 heavy (non-hydrogen) atoms. The molecular weight excluding hydrogens is 386 g/mol. The molecule has 0 aromatic heterocycles. The number of anilines is 1. The van der Waals surface area contributed by atoms with Gasteiger partial charge in [-0.2, -0.15) is 0 Å². The van der Waals surface area contributed by atoms with Gasteiger partial charge in [0.05, 0.1) is 12.6 Å². The molecule has 172 valence electrons. The number of likely N-dealkylation sites (tertiary alicyclic amines) is 2. The van der Waals surface area contributed by atoms with Gasteiger partial charge in [-0.25, -0.2) is 0 Å². The van der Waals surface area contributed by atoms with E-state index in [1.165, 1.54) is 38.6 Å². The molecule has 3 saturated heterocycles. The molecule has 1 aromatic carbocycles. The highest BCUT2D eigenvalue weighted by Gasteiger charge is 2.36. The van der Waals surface area contributed by atoms with Crippen molar-refractivity contribution < 1.29 is 9.53 Å². The Morgan fingerprint density at radius 2 is 1.65 bits per heavy atom. The number of carbonyl (C=O) groups is 1. The first kappa shape index (κ1) is 22.6. The topological polar surface area (TPSA) is 36.0 Å². The van der Waals surface area contributed by atoms with Gasteiger partial charge in [0.1, 0.15) is 5.75 Å². The quantitative estimate of drug-likeness (QED) is 0.564. The minimum Gasteiger partial charge on any atom is -0.494 e. The van der Waals surface area contributed by atoms with E-state index in [4.69, 9.17) is 4.74 Å². The van der Waals surface area contributed by atoms with Crippen molar-refractivity contribution in [3.63, 3.8) is 0 Å². The van der Waals surface area contributed by atoms with E-state index in [1.807, 2.05) is 17.0 Å². The van der Waals surface area contributed by atoms with E-state index < -0.39 is 0 Å². The number of hydrogen-bond donors (Lipinski definition) is 0. The van der Waals surface area contributed by atoms with Crippen molar-refractivity contribution in [3.05, 3.63) is 24.3 Å². The van der Waals surface area contributed by atoms with Gasteiger partial charge in [-0.1, -0.05) is 6.42 Å². The van der Waals surface area contributed by atoms with Crippen LogP contribution in [-0.4, -0.2) is 66.1 Å². The first-order valence-corrected chi connectivity index (χ1v) is 12.6. The molecule has 3 aliphatic heterocycles. The normalized spacial score (nSPS) is 30.3. The summed E-state index contributed by atoms with van der Waals surface area (Å²) in [5.41, 5.74) is 1.02. The molecule has 0 spiro atoms. The standard InChI is InChI=1S/C26H41N3O2/c1-20-9-5-16-27(20)17-6-18-31-25-13-10-23(11-14-25)29-24(12-15-26(29)30)19-28-21(2)7-4-8-22(28)3/h10-11,13-14,20-22,24H,4-9,12,15-19H2,1-3H3/t20?,21?,22?,24-/m0/s1. The van der Waals surface area contributed by atoms with Gasteiger partial charge in [0, 0.05) is 43.3 Å². The number of piperidine rings is 1. The molecule has 5 heteroatoms. The highest BCUT2D eigenvalue weighted by atomic mass is 16.5. The molecule has 0 radical (unpaired) electrons. The average Bonchev–Trinajstić information content (AvgIpc) is 3.34. The van der Waals surface area contributed by atoms with Crippen LogP contribution in [0.2, 0.25) is 0 Å². The lowest BCUT2D eigenvalue weighted by atomic mass is 9.96. The van der Waals surface area contributed by atoms with E-state index in [0.717, 1.165) is 50.0 Å². The van der Waals surface area contributed by atoms with E-state index in [1.54, 1.807) is 0 Å². The summed E-state index contributed by atoms with van der Waals surface area (Å²) in [6.45, 7) is 11.1. The zero-order valence-electron chi connectivity index (χ0n) is 19.8. The second-order valence-corrected chi connectivity index (χ2v) is 10.0. The van der Waals surface area contributed by atoms with E-state index in [9.17, 15) is 4.79 Å². The summed E-state index contributed by atoms with van der Waals surface area (Å²) >= 11 is 0. The van der Waals surface area contributed by atoms with Crippen LogP contribution in [0.4, 0.5) is 5.69 Å². The molecule has 0 bridgehead atoms. The van der Waals surface area contributed by atoms with Crippen LogP contribution in [0.25, 0.3) is 0 Å². The Morgan fingerprint density at radius 3 is 2.32 bits per heavy atom. The lowest BCUT2D eigenvalue weighted by Crippen LogP contribution is -2.50. The number of rotatable bonds is 8. The van der Waals surface area contributed by atoms with Crippen LogP contribution in [0.15, 0.2) is 24.3 Å². The molecule has 3 unspecified atom stereocenters. The SMILES string of the molecule is CC1CCCN1CCCOc1ccc(N2C(=O)CC[C@H]2CN2C(C)CCCC2C)cc1. The predicted octanol–water partition coefficient (Wildman–Crippen LogP) is 4.70. The molecule has 3 fully saturated rings. The first-order chi connectivity index (χ1) is 15.0. The van der Waals surface area contributed by atoms with Gasteiger partial charge >= 0.3 is 0 Å². The summed E-state index contributed by atoms with van der Waals surface area (Å²) in [5.74, 6) is 1.16. The summed E-state index contributed by atoms with van der Waals surface area (Å²) in [6.07, 6.45) is 9.21. The Labute approximate surface area is 188 Å². The molecule has 5 nitrogen and oxygen atoms in total. The monoisotopic (exact) mass is 427 g/mol. The van der Waals surface area contributed by atoms with Gasteiger partial charge in [-0.15, -0.1) is 0 Å². The predicted molar refractivity (Wildman–Crippen MR) is 127 cm³/mol. The molecule has 4 atom stereocenters. The summed E-state index contributed by atoms with van der Waals surface area (Å²) in [5, 5.41) is 0. The Hall–Kier alpha value is -1.59. The highest BCUT2D eigenvalue weighted by molar-refractivity contribution is 5.96. The maximum absolute atomic E-state index is 12.7. The molecule has 1 aromatic rings. The first-order valence-electron chi connectivity index (χ1n) is 12.6. The summed E-state index contributed by atoms with van der Waals surface area (Å²) < 4.78 is 5.98. The Balaban J connectivity index is 1.30. The minimum atomic E-state index is 0.260. The number of nitrogens with zero attached hydrogens (tertiary/aromatic N) is 3. The lowest BCUT2D eigenvalue weighted by Gasteiger charge is -2.41. The van der Waals surface area contributed by atoms with Crippen LogP contribution in [0.5, 0.6) is 5.75 Å². The fraction of sp³-hybridized carbons (Fsp3) is 0.731. The van der Waals surface area contributed by atoms with Gasteiger partial charge in [0.2, 0.25) is 5.91 Å². The highest BCUT2D eigenvalue weighted by Crippen LogP contribution is 2.31. The number of amides is 1. The molecule has 0 saturated carbocycles. The molecular formula is C26H41N3O2. The fourth-order valence-corrected chi connectivity index (χ4v) is 5.83. The maximum atomic E-state index is 12.7. The van der Waals surface area contributed by atoms with Crippen molar-refractivity contribution in [1.29, 1.82) is 0 Å². The number of ether oxygens (including phenoxy) is 1. The van der Waals surface area contributed by atoms with E-state index in [2.05, 4.69) is 42.7 Å². The molecule has 0 N–H and O–H groups in total. The van der Waals surface area contributed by atoms with Gasteiger partial charge in [0.15, 0.2) is 0 Å². The zero-order chi connectivity index (χ0) is 21.8. The number of benzene rings is 1. The maximum Gasteiger partial charge on any atom is 0.227 e. The molecule has 3 heterocycles. The van der Waals surface area contributed by atoms with Gasteiger partial charge < -0.3 is 14.5 Å². The molecule has 0 aliphatic carbocycles. The van der Waals surface area contributed by atoms with Crippen molar-refractivity contribution in [1.82, 2.24) is 9.80 Å². The Bertz CT molecular complexity index is 712. The molecule has 3 aliphatic rings. The third-order valence-corrected chi connectivity index (χ3v) is 7.79. The van der Waals surface area contributed by atoms with E-state index in [-0.39, 0.29) is 11.9 Å². The van der Waals surface area contributed by atoms with Crippen molar-refractivity contribution in [2.75, 3.05) is 31.1 Å². The lowest BCUT2D eigenvalue weighted by molar-refractivity contribution is -0.117. The number of carbonyl (C=O) groups excluding carboxylic acids is 1. The smallest absolute Gasteiger partial charge is 0.227 e. The van der Waals surface area contributed by atoms with Crippen molar-refractivity contribution >= 4 is 11.6 Å². The van der Waals surface area contributed by atoms with E-state index in [0.29, 0.717) is 18.5 Å². The largest absolute Gasteiger partial charge is 0.494 e. The summed E-state index contributed by atoms with van der Waals surface area (Å²) in [7, 11) is 0.